The Kier molecular flexibility index (Phi) is 3.07. The molecule has 0 aliphatic rings. The van der Waals surface area contributed by atoms with Gasteiger partial charge in [-0.15, -0.1) is 0 Å². The van der Waals surface area contributed by atoms with Gasteiger partial charge in [0.15, 0.2) is 0 Å². The van der Waals surface area contributed by atoms with Crippen LogP contribution < -0.4 is 0 Å². The van der Waals surface area contributed by atoms with Crippen LogP contribution in [0.4, 0.5) is 0 Å². The van der Waals surface area contributed by atoms with Crippen molar-refractivity contribution in [1.82, 2.24) is 0 Å². The molecule has 13 heavy (non-hydrogen) atoms. The Labute approximate surface area is 78.8 Å². The van der Waals surface area contributed by atoms with Gasteiger partial charge in [0.2, 0.25) is 0 Å². The van der Waals surface area contributed by atoms with E-state index in [1.165, 1.54) is 5.56 Å². The zero-order valence-electron chi connectivity index (χ0n) is 8.28. The second-order valence-corrected chi connectivity index (χ2v) is 3.55. The van der Waals surface area contributed by atoms with E-state index >= 15 is 0 Å². The van der Waals surface area contributed by atoms with Crippen LogP contribution in [-0.4, -0.2) is 16.3 Å². The van der Waals surface area contributed by atoms with Crippen LogP contribution in [0.2, 0.25) is 0 Å². The van der Waals surface area contributed by atoms with Gasteiger partial charge in [0.05, 0.1) is 6.10 Å². The molecule has 0 radical (unpaired) electrons. The highest BCUT2D eigenvalue weighted by Gasteiger charge is 2.15. The van der Waals surface area contributed by atoms with Gasteiger partial charge in [0.1, 0.15) is 6.10 Å². The molecular formula is C11H16O2. The molecule has 1 aromatic rings. The fraction of sp³-hybridized carbons (Fsp3) is 0.455. The third-order valence-electron chi connectivity index (χ3n) is 2.20. The lowest BCUT2D eigenvalue weighted by atomic mass is 9.98. The molecule has 0 amide bonds. The molecule has 0 aromatic heterocycles. The number of hydrogen-bond donors (Lipinski definition) is 2. The average molecular weight is 180 g/mol. The van der Waals surface area contributed by atoms with Gasteiger partial charge in [-0.1, -0.05) is 23.8 Å². The Hall–Kier alpha value is -0.860. The van der Waals surface area contributed by atoms with Gasteiger partial charge in [-0.2, -0.15) is 0 Å². The Balaban J connectivity index is 3.01. The van der Waals surface area contributed by atoms with Crippen LogP contribution in [0.1, 0.15) is 29.7 Å². The van der Waals surface area contributed by atoms with Crippen LogP contribution >= 0.6 is 0 Å². The number of aliphatic hydroxyl groups excluding tert-OH is 2. The zero-order chi connectivity index (χ0) is 10.0. The van der Waals surface area contributed by atoms with Crippen LogP contribution in [0.3, 0.4) is 0 Å². The minimum Gasteiger partial charge on any atom is -0.390 e. The van der Waals surface area contributed by atoms with E-state index in [-0.39, 0.29) is 0 Å². The van der Waals surface area contributed by atoms with E-state index in [0.717, 1.165) is 11.1 Å². The van der Waals surface area contributed by atoms with Crippen LogP contribution in [0.5, 0.6) is 0 Å². The summed E-state index contributed by atoms with van der Waals surface area (Å²) in [6, 6.07) is 5.80. The molecule has 2 nitrogen and oxygen atoms in total. The van der Waals surface area contributed by atoms with Gasteiger partial charge in [-0.25, -0.2) is 0 Å². The van der Waals surface area contributed by atoms with Gasteiger partial charge in [-0.05, 0) is 31.9 Å². The maximum absolute atomic E-state index is 9.62. The van der Waals surface area contributed by atoms with Crippen molar-refractivity contribution in [3.05, 3.63) is 34.9 Å². The standard InChI is InChI=1S/C11H16O2/c1-7-4-5-10(8(2)6-7)11(13)9(3)12/h4-6,9,11-13H,1-3H3. The van der Waals surface area contributed by atoms with Gasteiger partial charge >= 0.3 is 0 Å². The topological polar surface area (TPSA) is 40.5 Å². The maximum atomic E-state index is 9.62. The quantitative estimate of drug-likeness (QED) is 0.727. The van der Waals surface area contributed by atoms with Crippen molar-refractivity contribution in [3.63, 3.8) is 0 Å². The molecule has 0 aliphatic carbocycles. The van der Waals surface area contributed by atoms with Gasteiger partial charge in [0, 0.05) is 0 Å². The molecule has 2 atom stereocenters. The molecule has 72 valence electrons. The van der Waals surface area contributed by atoms with Crippen molar-refractivity contribution in [2.24, 2.45) is 0 Å². The predicted octanol–water partition coefficient (Wildman–Crippen LogP) is 1.72. The third-order valence-corrected chi connectivity index (χ3v) is 2.20. The largest absolute Gasteiger partial charge is 0.390 e. The molecule has 0 saturated heterocycles. The first kappa shape index (κ1) is 10.2. The van der Waals surface area contributed by atoms with E-state index in [0.29, 0.717) is 0 Å². The summed E-state index contributed by atoms with van der Waals surface area (Å²) in [4.78, 5) is 0. The van der Waals surface area contributed by atoms with Gasteiger partial charge in [-0.3, -0.25) is 0 Å². The molecule has 1 rings (SSSR count). The highest BCUT2D eigenvalue weighted by Crippen LogP contribution is 2.21. The van der Waals surface area contributed by atoms with E-state index < -0.39 is 12.2 Å². The number of aryl methyl sites for hydroxylation is 2. The van der Waals surface area contributed by atoms with Crippen molar-refractivity contribution in [2.45, 2.75) is 33.0 Å². The Bertz CT molecular complexity index is 292. The number of rotatable bonds is 2. The van der Waals surface area contributed by atoms with Crippen LogP contribution in [0.15, 0.2) is 18.2 Å². The first-order valence-corrected chi connectivity index (χ1v) is 4.45. The van der Waals surface area contributed by atoms with Crippen molar-refractivity contribution in [2.75, 3.05) is 0 Å². The monoisotopic (exact) mass is 180 g/mol. The lowest BCUT2D eigenvalue weighted by molar-refractivity contribution is 0.0301. The normalized spacial score (nSPS) is 15.5. The summed E-state index contributed by atoms with van der Waals surface area (Å²) in [5.74, 6) is 0. The smallest absolute Gasteiger partial charge is 0.105 e. The molecule has 0 aliphatic heterocycles. The van der Waals surface area contributed by atoms with Crippen molar-refractivity contribution >= 4 is 0 Å². The van der Waals surface area contributed by atoms with Crippen molar-refractivity contribution < 1.29 is 10.2 Å². The number of hydrogen-bond acceptors (Lipinski definition) is 2. The van der Waals surface area contributed by atoms with Crippen LogP contribution in [-0.2, 0) is 0 Å². The summed E-state index contributed by atoms with van der Waals surface area (Å²) in [7, 11) is 0. The van der Waals surface area contributed by atoms with E-state index in [9.17, 15) is 10.2 Å². The van der Waals surface area contributed by atoms with E-state index in [2.05, 4.69) is 0 Å². The summed E-state index contributed by atoms with van der Waals surface area (Å²) < 4.78 is 0. The highest BCUT2D eigenvalue weighted by atomic mass is 16.3. The highest BCUT2D eigenvalue weighted by molar-refractivity contribution is 5.32. The SMILES string of the molecule is Cc1ccc(C(O)C(C)O)c(C)c1. The first-order valence-electron chi connectivity index (χ1n) is 4.45. The average Bonchev–Trinajstić information content (AvgIpc) is 2.03. The molecule has 0 saturated carbocycles. The fourth-order valence-electron chi connectivity index (χ4n) is 1.42. The van der Waals surface area contributed by atoms with Crippen molar-refractivity contribution in [1.29, 1.82) is 0 Å². The van der Waals surface area contributed by atoms with E-state index in [1.807, 2.05) is 32.0 Å². The summed E-state index contributed by atoms with van der Waals surface area (Å²) in [6.45, 7) is 5.53. The molecular weight excluding hydrogens is 164 g/mol. The molecule has 0 heterocycles. The molecule has 1 aromatic carbocycles. The number of benzene rings is 1. The third kappa shape index (κ3) is 2.29. The lowest BCUT2D eigenvalue weighted by Gasteiger charge is -2.16. The Morgan fingerprint density at radius 1 is 1.15 bits per heavy atom. The van der Waals surface area contributed by atoms with E-state index in [4.69, 9.17) is 0 Å². The summed E-state index contributed by atoms with van der Waals surface area (Å²) in [5.41, 5.74) is 2.99. The maximum Gasteiger partial charge on any atom is 0.105 e. The number of aliphatic hydroxyl groups is 2. The molecule has 2 unspecified atom stereocenters. The minimum atomic E-state index is -0.777. The second kappa shape index (κ2) is 3.90. The predicted molar refractivity (Wildman–Crippen MR) is 52.6 cm³/mol. The lowest BCUT2D eigenvalue weighted by Crippen LogP contribution is -2.14. The molecule has 2 N–H and O–H groups in total. The molecule has 2 heteroatoms. The van der Waals surface area contributed by atoms with Crippen LogP contribution in [0, 0.1) is 13.8 Å². The van der Waals surface area contributed by atoms with Gasteiger partial charge < -0.3 is 10.2 Å². The minimum absolute atomic E-state index is 0.721. The zero-order valence-corrected chi connectivity index (χ0v) is 8.28. The summed E-state index contributed by atoms with van der Waals surface area (Å²) >= 11 is 0. The summed E-state index contributed by atoms with van der Waals surface area (Å²) in [5, 5.41) is 18.8. The Morgan fingerprint density at radius 3 is 2.23 bits per heavy atom. The Morgan fingerprint density at radius 2 is 1.77 bits per heavy atom. The first-order chi connectivity index (χ1) is 6.02. The van der Waals surface area contributed by atoms with E-state index in [1.54, 1.807) is 6.92 Å². The van der Waals surface area contributed by atoms with Crippen LogP contribution in [0.25, 0.3) is 0 Å². The molecule has 0 fully saturated rings. The fourth-order valence-corrected chi connectivity index (χ4v) is 1.42. The summed E-state index contributed by atoms with van der Waals surface area (Å²) in [6.07, 6.45) is -1.50. The van der Waals surface area contributed by atoms with Crippen molar-refractivity contribution in [3.8, 4) is 0 Å². The van der Waals surface area contributed by atoms with Gasteiger partial charge in [0.25, 0.3) is 0 Å². The molecule has 0 bridgehead atoms. The molecule has 0 spiro atoms. The second-order valence-electron chi connectivity index (χ2n) is 3.55.